The molecule has 1 saturated carbocycles. The molecule has 1 aliphatic carbocycles. The van der Waals surface area contributed by atoms with E-state index in [0.29, 0.717) is 12.6 Å². The Balaban J connectivity index is 1.53. The highest BCUT2D eigenvalue weighted by atomic mass is 16.5. The molecule has 1 amide bonds. The molecule has 5 heteroatoms. The summed E-state index contributed by atoms with van der Waals surface area (Å²) >= 11 is 0. The summed E-state index contributed by atoms with van der Waals surface area (Å²) in [5, 5.41) is 6.55. The van der Waals surface area contributed by atoms with Gasteiger partial charge in [0.05, 0.1) is 0 Å². The van der Waals surface area contributed by atoms with E-state index < -0.39 is 6.09 Å². The lowest BCUT2D eigenvalue weighted by atomic mass is 10.1. The molecule has 0 aromatic heterocycles. The molecule has 0 spiro atoms. The van der Waals surface area contributed by atoms with E-state index in [4.69, 9.17) is 10.5 Å². The van der Waals surface area contributed by atoms with Crippen molar-refractivity contribution in [3.05, 3.63) is 71.8 Å². The minimum absolute atomic E-state index is 0.0523. The highest BCUT2D eigenvalue weighted by Crippen LogP contribution is 2.17. The first kappa shape index (κ1) is 19.4. The monoisotopic (exact) mass is 367 g/mol. The first-order valence-electron chi connectivity index (χ1n) is 9.71. The normalized spacial score (nSPS) is 20.2. The average Bonchev–Trinajstić information content (AvgIpc) is 3.11. The topological polar surface area (TPSA) is 76.4 Å². The Kier molecular flexibility index (Phi) is 7.25. The molecule has 3 unspecified atom stereocenters. The van der Waals surface area contributed by atoms with Crippen LogP contribution < -0.4 is 16.4 Å². The van der Waals surface area contributed by atoms with Crippen LogP contribution >= 0.6 is 0 Å². The fourth-order valence-corrected chi connectivity index (χ4v) is 3.54. The molecule has 2 aromatic carbocycles. The summed E-state index contributed by atoms with van der Waals surface area (Å²) in [4.78, 5) is 12.3. The van der Waals surface area contributed by atoms with Gasteiger partial charge in [-0.15, -0.1) is 0 Å². The summed E-state index contributed by atoms with van der Waals surface area (Å²) in [6.45, 7) is 0.944. The lowest BCUT2D eigenvalue weighted by molar-refractivity contribution is 0.135. The number of hydrogen-bond donors (Lipinski definition) is 3. The number of carbonyl (C=O) groups is 1. The Morgan fingerprint density at radius 2 is 1.70 bits per heavy atom. The van der Waals surface area contributed by atoms with Crippen molar-refractivity contribution in [2.24, 2.45) is 5.73 Å². The predicted molar refractivity (Wildman–Crippen MR) is 107 cm³/mol. The van der Waals surface area contributed by atoms with Gasteiger partial charge in [-0.25, -0.2) is 4.79 Å². The number of alkyl carbamates (subject to hydrolysis) is 1. The van der Waals surface area contributed by atoms with Crippen LogP contribution in [0.2, 0.25) is 0 Å². The summed E-state index contributed by atoms with van der Waals surface area (Å²) in [7, 11) is 0. The predicted octanol–water partition coefficient (Wildman–Crippen LogP) is 2.99. The van der Waals surface area contributed by atoms with Crippen molar-refractivity contribution in [1.29, 1.82) is 0 Å². The molecule has 5 nitrogen and oxygen atoms in total. The number of rotatable bonds is 8. The number of ether oxygens (including phenoxy) is 1. The third-order valence-corrected chi connectivity index (χ3v) is 5.06. The molecule has 3 atom stereocenters. The zero-order chi connectivity index (χ0) is 18.9. The number of carbonyl (C=O) groups excluding carboxylic acids is 1. The fourth-order valence-electron chi connectivity index (χ4n) is 3.54. The van der Waals surface area contributed by atoms with Gasteiger partial charge in [-0.2, -0.15) is 0 Å². The van der Waals surface area contributed by atoms with Crippen LogP contribution in [0.4, 0.5) is 4.79 Å². The molecule has 0 aliphatic heterocycles. The highest BCUT2D eigenvalue weighted by Gasteiger charge is 2.24. The van der Waals surface area contributed by atoms with E-state index in [0.717, 1.165) is 31.2 Å². The average molecular weight is 367 g/mol. The summed E-state index contributed by atoms with van der Waals surface area (Å²) < 4.78 is 5.39. The van der Waals surface area contributed by atoms with Crippen molar-refractivity contribution in [2.75, 3.05) is 6.54 Å². The smallest absolute Gasteiger partial charge is 0.407 e. The first-order chi connectivity index (χ1) is 13.2. The Morgan fingerprint density at radius 1 is 1.04 bits per heavy atom. The molecule has 1 aliphatic rings. The van der Waals surface area contributed by atoms with Gasteiger partial charge in [0.15, 0.2) is 0 Å². The van der Waals surface area contributed by atoms with Crippen LogP contribution in [0.3, 0.4) is 0 Å². The van der Waals surface area contributed by atoms with E-state index in [-0.39, 0.29) is 18.7 Å². The van der Waals surface area contributed by atoms with E-state index in [1.165, 1.54) is 5.56 Å². The van der Waals surface area contributed by atoms with Crippen LogP contribution in [0.5, 0.6) is 0 Å². The molecule has 0 radical (unpaired) electrons. The van der Waals surface area contributed by atoms with Crippen molar-refractivity contribution >= 4 is 6.09 Å². The summed E-state index contributed by atoms with van der Waals surface area (Å²) in [5.74, 6) is 0. The van der Waals surface area contributed by atoms with Gasteiger partial charge < -0.3 is 21.1 Å². The van der Waals surface area contributed by atoms with Crippen molar-refractivity contribution in [3.8, 4) is 0 Å². The van der Waals surface area contributed by atoms with Crippen molar-refractivity contribution < 1.29 is 9.53 Å². The van der Waals surface area contributed by atoms with E-state index >= 15 is 0 Å². The summed E-state index contributed by atoms with van der Waals surface area (Å²) in [6.07, 6.45) is 3.67. The standard InChI is InChI=1S/C22H29N3O2/c23-20-12-7-13-21(20)24-15-19(14-17-8-3-1-4-9-17)25-22(26)27-16-18-10-5-2-6-11-18/h1-6,8-11,19-21,24H,7,12-16,23H2,(H,25,26). The molecule has 1 fully saturated rings. The van der Waals surface area contributed by atoms with Crippen LogP contribution in [0, 0.1) is 0 Å². The second-order valence-corrected chi connectivity index (χ2v) is 7.20. The second-order valence-electron chi connectivity index (χ2n) is 7.20. The van der Waals surface area contributed by atoms with Crippen LogP contribution in [-0.2, 0) is 17.8 Å². The van der Waals surface area contributed by atoms with E-state index in [2.05, 4.69) is 22.8 Å². The largest absolute Gasteiger partial charge is 0.445 e. The quantitative estimate of drug-likeness (QED) is 0.670. The van der Waals surface area contributed by atoms with E-state index in [1.807, 2.05) is 48.5 Å². The van der Waals surface area contributed by atoms with Crippen LogP contribution in [0.25, 0.3) is 0 Å². The Morgan fingerprint density at radius 3 is 2.33 bits per heavy atom. The molecule has 0 heterocycles. The summed E-state index contributed by atoms with van der Waals surface area (Å²) in [6, 6.07) is 20.3. The van der Waals surface area contributed by atoms with Crippen molar-refractivity contribution in [3.63, 3.8) is 0 Å². The van der Waals surface area contributed by atoms with Gasteiger partial charge in [0.25, 0.3) is 0 Å². The maximum Gasteiger partial charge on any atom is 0.407 e. The molecule has 0 saturated heterocycles. The van der Waals surface area contributed by atoms with Gasteiger partial charge in [0.1, 0.15) is 6.61 Å². The Bertz CT molecular complexity index is 693. The van der Waals surface area contributed by atoms with Gasteiger partial charge in [0.2, 0.25) is 0 Å². The van der Waals surface area contributed by atoms with Gasteiger partial charge >= 0.3 is 6.09 Å². The molecular weight excluding hydrogens is 338 g/mol. The number of amides is 1. The fraction of sp³-hybridized carbons (Fsp3) is 0.409. The minimum Gasteiger partial charge on any atom is -0.445 e. The van der Waals surface area contributed by atoms with Crippen molar-refractivity contribution in [1.82, 2.24) is 10.6 Å². The van der Waals surface area contributed by atoms with Gasteiger partial charge in [-0.1, -0.05) is 67.1 Å². The third kappa shape index (κ3) is 6.38. The van der Waals surface area contributed by atoms with Gasteiger partial charge in [-0.05, 0) is 30.4 Å². The Labute approximate surface area is 161 Å². The van der Waals surface area contributed by atoms with Crippen LogP contribution in [-0.4, -0.2) is 30.8 Å². The third-order valence-electron chi connectivity index (χ3n) is 5.06. The van der Waals surface area contributed by atoms with E-state index in [9.17, 15) is 4.79 Å². The zero-order valence-electron chi connectivity index (χ0n) is 15.6. The SMILES string of the molecule is NC1CCCC1NCC(Cc1ccccc1)NC(=O)OCc1ccccc1. The molecule has 144 valence electrons. The number of nitrogens with one attached hydrogen (secondary N) is 2. The summed E-state index contributed by atoms with van der Waals surface area (Å²) in [5.41, 5.74) is 8.31. The zero-order valence-corrected chi connectivity index (χ0v) is 15.6. The lowest BCUT2D eigenvalue weighted by Gasteiger charge is -2.23. The van der Waals surface area contributed by atoms with Gasteiger partial charge in [-0.3, -0.25) is 0 Å². The van der Waals surface area contributed by atoms with E-state index in [1.54, 1.807) is 0 Å². The number of hydrogen-bond acceptors (Lipinski definition) is 4. The van der Waals surface area contributed by atoms with Gasteiger partial charge in [0, 0.05) is 24.7 Å². The second kappa shape index (κ2) is 10.1. The first-order valence-corrected chi connectivity index (χ1v) is 9.71. The molecule has 2 aromatic rings. The molecule has 4 N–H and O–H groups in total. The van der Waals surface area contributed by atoms with Crippen LogP contribution in [0.15, 0.2) is 60.7 Å². The Hall–Kier alpha value is -2.37. The van der Waals surface area contributed by atoms with Crippen LogP contribution in [0.1, 0.15) is 30.4 Å². The maximum atomic E-state index is 12.3. The maximum absolute atomic E-state index is 12.3. The molecule has 27 heavy (non-hydrogen) atoms. The molecule has 3 rings (SSSR count). The highest BCUT2D eigenvalue weighted by molar-refractivity contribution is 5.67. The number of benzene rings is 2. The van der Waals surface area contributed by atoms with Crippen molar-refractivity contribution in [2.45, 2.75) is 50.4 Å². The molecule has 0 bridgehead atoms. The lowest BCUT2D eigenvalue weighted by Crippen LogP contribution is -2.49. The number of nitrogens with two attached hydrogens (primary N) is 1. The minimum atomic E-state index is -0.391. The molecular formula is C22H29N3O2.